The maximum atomic E-state index is 5.74. The Kier molecular flexibility index (Phi) is 3.26. The Bertz CT molecular complexity index is 369. The van der Waals surface area contributed by atoms with Gasteiger partial charge in [0.05, 0.1) is 10.6 Å². The van der Waals surface area contributed by atoms with Crippen LogP contribution in [0, 0.1) is 3.95 Å². The molecule has 0 fully saturated rings. The average molecular weight is 218 g/mol. The molecule has 0 spiro atoms. The molecule has 12 heavy (non-hydrogen) atoms. The van der Waals surface area contributed by atoms with Gasteiger partial charge in [-0.2, -0.15) is 0 Å². The Balaban J connectivity index is 3.22. The summed E-state index contributed by atoms with van der Waals surface area (Å²) in [4.78, 5) is 4.04. The van der Waals surface area contributed by atoms with Crippen molar-refractivity contribution >= 4 is 47.3 Å². The maximum absolute atomic E-state index is 5.74. The van der Waals surface area contributed by atoms with E-state index in [0.29, 0.717) is 0 Å². The van der Waals surface area contributed by atoms with Gasteiger partial charge in [-0.3, -0.25) is 0 Å². The van der Waals surface area contributed by atoms with Crippen LogP contribution in [0.15, 0.2) is 11.6 Å². The van der Waals surface area contributed by atoms with Crippen LogP contribution < -0.4 is 0 Å². The fourth-order valence-electron chi connectivity index (χ4n) is 0.791. The van der Waals surface area contributed by atoms with Crippen molar-refractivity contribution in [3.05, 3.63) is 26.1 Å². The average Bonchev–Trinajstić information content (AvgIpc) is 2.29. The van der Waals surface area contributed by atoms with E-state index in [1.807, 2.05) is 13.0 Å². The van der Waals surface area contributed by atoms with Gasteiger partial charge in [-0.1, -0.05) is 18.2 Å². The monoisotopic (exact) mass is 217 g/mol. The number of thiazole rings is 1. The minimum Gasteiger partial charge on any atom is -0.337 e. The smallest absolute Gasteiger partial charge is 0.159 e. The van der Waals surface area contributed by atoms with Crippen molar-refractivity contribution in [3.63, 3.8) is 0 Å². The second-order valence-corrected chi connectivity index (χ2v) is 4.54. The summed E-state index contributed by atoms with van der Waals surface area (Å²) in [7, 11) is 0. The topological polar surface area (TPSA) is 15.8 Å². The van der Waals surface area contributed by atoms with Crippen LogP contribution in [0.5, 0.6) is 0 Å². The second kappa shape index (κ2) is 4.03. The Labute approximate surface area is 85.4 Å². The molecule has 0 atom stereocenters. The van der Waals surface area contributed by atoms with Crippen LogP contribution in [0.2, 0.25) is 0 Å². The highest BCUT2D eigenvalue weighted by Gasteiger charge is 1.99. The molecule has 0 radical (unpaired) electrons. The Morgan fingerprint density at radius 2 is 2.42 bits per heavy atom. The number of aromatic amines is 1. The Morgan fingerprint density at radius 1 is 1.75 bits per heavy atom. The molecule has 1 aromatic heterocycles. The minimum absolute atomic E-state index is 0.739. The van der Waals surface area contributed by atoms with Crippen LogP contribution in [0.4, 0.5) is 0 Å². The molecule has 0 saturated carbocycles. The first-order chi connectivity index (χ1) is 5.63. The van der Waals surface area contributed by atoms with Gasteiger partial charge < -0.3 is 4.98 Å². The van der Waals surface area contributed by atoms with Crippen molar-refractivity contribution < 1.29 is 0 Å². The van der Waals surface area contributed by atoms with Crippen molar-refractivity contribution in [3.8, 4) is 0 Å². The molecule has 0 aliphatic rings. The number of nitrogens with one attached hydrogen (secondary N) is 1. The van der Waals surface area contributed by atoms with Gasteiger partial charge >= 0.3 is 0 Å². The highest BCUT2D eigenvalue weighted by atomic mass is 35.5. The molecule has 0 unspecified atom stereocenters. The van der Waals surface area contributed by atoms with Crippen LogP contribution in [0.1, 0.15) is 17.5 Å². The molecule has 1 aromatic rings. The van der Waals surface area contributed by atoms with Gasteiger partial charge in [-0.25, -0.2) is 0 Å². The molecule has 1 N–H and O–H groups in total. The molecule has 1 nitrogen and oxygen atoms in total. The van der Waals surface area contributed by atoms with Gasteiger partial charge in [0.2, 0.25) is 0 Å². The molecule has 0 aromatic carbocycles. The molecular weight excluding hydrogens is 210 g/mol. The molecular formula is C8H8ClNS2. The lowest BCUT2D eigenvalue weighted by atomic mass is 10.3. The molecule has 0 saturated heterocycles. The van der Waals surface area contributed by atoms with E-state index in [1.54, 1.807) is 6.08 Å². The predicted molar refractivity (Wildman–Crippen MR) is 59.1 cm³/mol. The van der Waals surface area contributed by atoms with Crippen LogP contribution >= 0.6 is 35.2 Å². The number of allylic oxidation sites excluding steroid dienone is 1. The van der Waals surface area contributed by atoms with Crippen LogP contribution in [-0.4, -0.2) is 4.98 Å². The Morgan fingerprint density at radius 3 is 2.92 bits per heavy atom. The van der Waals surface area contributed by atoms with E-state index in [-0.39, 0.29) is 0 Å². The standard InChI is InChI=1S/C8H8ClNS2/c1-3-6-7(4-5(2)9)12-8(11)10-6/h3-4H,1H2,2H3,(H,10,11)/b5-4+. The molecule has 1 rings (SSSR count). The van der Waals surface area contributed by atoms with Crippen LogP contribution in [-0.2, 0) is 0 Å². The summed E-state index contributed by atoms with van der Waals surface area (Å²) in [5.41, 5.74) is 0.935. The summed E-state index contributed by atoms with van der Waals surface area (Å²) in [5, 5.41) is 0.739. The second-order valence-electron chi connectivity index (χ2n) is 2.23. The third kappa shape index (κ3) is 2.30. The van der Waals surface area contributed by atoms with Crippen molar-refractivity contribution in [2.45, 2.75) is 6.92 Å². The quantitative estimate of drug-likeness (QED) is 0.740. The van der Waals surface area contributed by atoms with E-state index in [4.69, 9.17) is 23.8 Å². The molecule has 0 bridgehead atoms. The van der Waals surface area contributed by atoms with Gasteiger partial charge in [0, 0.05) is 5.03 Å². The first-order valence-corrected chi connectivity index (χ1v) is 4.93. The zero-order chi connectivity index (χ0) is 9.14. The molecule has 0 aliphatic heterocycles. The minimum atomic E-state index is 0.739. The Hall–Kier alpha value is -0.380. The van der Waals surface area contributed by atoms with Crippen molar-refractivity contribution in [2.75, 3.05) is 0 Å². The van der Waals surface area contributed by atoms with Crippen molar-refractivity contribution in [1.82, 2.24) is 4.98 Å². The highest BCUT2D eigenvalue weighted by Crippen LogP contribution is 2.20. The summed E-state index contributed by atoms with van der Waals surface area (Å²) in [6, 6.07) is 0. The van der Waals surface area contributed by atoms with E-state index >= 15 is 0 Å². The molecule has 1 heterocycles. The third-order valence-corrected chi connectivity index (χ3v) is 2.55. The lowest BCUT2D eigenvalue weighted by Crippen LogP contribution is -1.73. The van der Waals surface area contributed by atoms with E-state index in [9.17, 15) is 0 Å². The summed E-state index contributed by atoms with van der Waals surface area (Å²) in [5.74, 6) is 0. The summed E-state index contributed by atoms with van der Waals surface area (Å²) in [6.45, 7) is 5.50. The van der Waals surface area contributed by atoms with Gasteiger partial charge in [-0.15, -0.1) is 11.3 Å². The maximum Gasteiger partial charge on any atom is 0.159 e. The normalized spacial score (nSPS) is 11.7. The van der Waals surface area contributed by atoms with E-state index < -0.39 is 0 Å². The fourth-order valence-corrected chi connectivity index (χ4v) is 2.19. The van der Waals surface area contributed by atoms with Crippen LogP contribution in [0.3, 0.4) is 0 Å². The van der Waals surface area contributed by atoms with Crippen molar-refractivity contribution in [2.24, 2.45) is 0 Å². The summed E-state index contributed by atoms with van der Waals surface area (Å²) >= 11 is 12.2. The third-order valence-electron chi connectivity index (χ3n) is 1.24. The number of aromatic nitrogens is 1. The first kappa shape index (κ1) is 9.71. The number of hydrogen-bond donors (Lipinski definition) is 1. The van der Waals surface area contributed by atoms with Crippen LogP contribution in [0.25, 0.3) is 12.2 Å². The van der Waals surface area contributed by atoms with Gasteiger partial charge in [0.25, 0.3) is 0 Å². The molecule has 0 aliphatic carbocycles. The van der Waals surface area contributed by atoms with Gasteiger partial charge in [0.1, 0.15) is 0 Å². The lowest BCUT2D eigenvalue weighted by Gasteiger charge is -1.89. The molecule has 4 heteroatoms. The largest absolute Gasteiger partial charge is 0.337 e. The van der Waals surface area contributed by atoms with E-state index in [2.05, 4.69) is 11.6 Å². The summed E-state index contributed by atoms with van der Waals surface area (Å²) < 4.78 is 0.745. The number of hydrogen-bond acceptors (Lipinski definition) is 2. The van der Waals surface area contributed by atoms with E-state index in [1.165, 1.54) is 11.3 Å². The molecule has 64 valence electrons. The van der Waals surface area contributed by atoms with Crippen molar-refractivity contribution in [1.29, 1.82) is 0 Å². The van der Waals surface area contributed by atoms with Gasteiger partial charge in [0.15, 0.2) is 3.95 Å². The zero-order valence-corrected chi connectivity index (χ0v) is 8.95. The number of halogens is 1. The van der Waals surface area contributed by atoms with Gasteiger partial charge in [-0.05, 0) is 31.3 Å². The predicted octanol–water partition coefficient (Wildman–Crippen LogP) is 4.05. The lowest BCUT2D eigenvalue weighted by molar-refractivity contribution is 1.36. The SMILES string of the molecule is C=Cc1[nH]c(=S)sc1/C=C(\C)Cl. The highest BCUT2D eigenvalue weighted by molar-refractivity contribution is 7.73. The summed E-state index contributed by atoms with van der Waals surface area (Å²) in [6.07, 6.45) is 3.60. The fraction of sp³-hybridized carbons (Fsp3) is 0.125. The molecule has 0 amide bonds. The van der Waals surface area contributed by atoms with E-state index in [0.717, 1.165) is 19.6 Å². The zero-order valence-electron chi connectivity index (χ0n) is 6.56. The number of H-pyrrole nitrogens is 1. The first-order valence-electron chi connectivity index (χ1n) is 3.33. The number of rotatable bonds is 2.